The number of esters is 1. The van der Waals surface area contributed by atoms with Crippen LogP contribution in [0.3, 0.4) is 0 Å². The van der Waals surface area contributed by atoms with Crippen molar-refractivity contribution in [2.45, 2.75) is 31.8 Å². The molecule has 1 rings (SSSR count). The van der Waals surface area contributed by atoms with Gasteiger partial charge in [-0.15, -0.1) is 0 Å². The van der Waals surface area contributed by atoms with Crippen LogP contribution >= 0.6 is 0 Å². The van der Waals surface area contributed by atoms with Crippen LogP contribution in [0.5, 0.6) is 5.75 Å². The summed E-state index contributed by atoms with van der Waals surface area (Å²) < 4.78 is 10.0. The van der Waals surface area contributed by atoms with E-state index in [4.69, 9.17) is 15.6 Å². The predicted molar refractivity (Wildman–Crippen MR) is 85.5 cm³/mol. The maximum Gasteiger partial charge on any atom is 0.328 e. The van der Waals surface area contributed by atoms with Gasteiger partial charge < -0.3 is 25.6 Å². The predicted octanol–water partition coefficient (Wildman–Crippen LogP) is 0.0876. The number of carbonyl (C=O) groups is 3. The molecular weight excluding hydrogens is 316 g/mol. The molecule has 8 heteroatoms. The Morgan fingerprint density at radius 3 is 2.38 bits per heavy atom. The quantitative estimate of drug-likeness (QED) is 0.544. The molecule has 0 aliphatic carbocycles. The van der Waals surface area contributed by atoms with Crippen LogP contribution in [-0.2, 0) is 25.5 Å². The third-order valence-electron chi connectivity index (χ3n) is 3.21. The zero-order valence-corrected chi connectivity index (χ0v) is 13.7. The van der Waals surface area contributed by atoms with Crippen LogP contribution in [0, 0.1) is 0 Å². The van der Waals surface area contributed by atoms with E-state index in [1.54, 1.807) is 24.3 Å². The second kappa shape index (κ2) is 9.51. The van der Waals surface area contributed by atoms with Crippen molar-refractivity contribution in [3.05, 3.63) is 29.8 Å². The lowest BCUT2D eigenvalue weighted by atomic mass is 10.0. The summed E-state index contributed by atoms with van der Waals surface area (Å²) in [5.41, 5.74) is 6.27. The highest BCUT2D eigenvalue weighted by atomic mass is 16.5. The van der Waals surface area contributed by atoms with Crippen LogP contribution in [0.25, 0.3) is 0 Å². The molecule has 0 radical (unpaired) electrons. The fourth-order valence-electron chi connectivity index (χ4n) is 2.02. The second-order valence-electron chi connectivity index (χ2n) is 5.07. The van der Waals surface area contributed by atoms with Crippen molar-refractivity contribution in [2.75, 3.05) is 13.7 Å². The zero-order valence-electron chi connectivity index (χ0n) is 13.7. The first-order chi connectivity index (χ1) is 11.4. The van der Waals surface area contributed by atoms with Crippen molar-refractivity contribution < 1.29 is 29.0 Å². The standard InChI is InChI=1S/C16H22N2O6/c1-3-24-11-6-4-10(5-7-11)8-13(16(22)23-2)18-15(21)12(17)9-14(19)20/h4-7,12-13H,3,8-9,17H2,1-2H3,(H,18,21)(H,19,20)/t12-,13-/m0/s1. The van der Waals surface area contributed by atoms with E-state index in [-0.39, 0.29) is 6.42 Å². The van der Waals surface area contributed by atoms with E-state index in [1.165, 1.54) is 7.11 Å². The molecule has 0 saturated heterocycles. The lowest BCUT2D eigenvalue weighted by molar-refractivity contribution is -0.145. The Bertz CT molecular complexity index is 572. The molecule has 0 aliphatic rings. The van der Waals surface area contributed by atoms with E-state index in [0.29, 0.717) is 12.4 Å². The second-order valence-corrected chi connectivity index (χ2v) is 5.07. The molecule has 0 unspecified atom stereocenters. The molecule has 2 atom stereocenters. The van der Waals surface area contributed by atoms with Gasteiger partial charge in [0.15, 0.2) is 0 Å². The SMILES string of the molecule is CCOc1ccc(C[C@H](NC(=O)[C@@H](N)CC(=O)O)C(=O)OC)cc1. The third kappa shape index (κ3) is 6.25. The fraction of sp³-hybridized carbons (Fsp3) is 0.438. The molecule has 1 amide bonds. The van der Waals surface area contributed by atoms with Gasteiger partial charge in [0.1, 0.15) is 11.8 Å². The lowest BCUT2D eigenvalue weighted by Gasteiger charge is -2.19. The summed E-state index contributed by atoms with van der Waals surface area (Å²) in [7, 11) is 1.21. The molecule has 0 fully saturated rings. The van der Waals surface area contributed by atoms with E-state index in [2.05, 4.69) is 10.1 Å². The minimum Gasteiger partial charge on any atom is -0.494 e. The Labute approximate surface area is 139 Å². The molecule has 0 aliphatic heterocycles. The average molecular weight is 338 g/mol. The molecule has 4 N–H and O–H groups in total. The molecule has 0 heterocycles. The molecular formula is C16H22N2O6. The number of methoxy groups -OCH3 is 1. The highest BCUT2D eigenvalue weighted by Crippen LogP contribution is 2.14. The number of benzene rings is 1. The maximum atomic E-state index is 11.9. The fourth-order valence-corrected chi connectivity index (χ4v) is 2.02. The molecule has 8 nitrogen and oxygen atoms in total. The van der Waals surface area contributed by atoms with Gasteiger partial charge in [-0.2, -0.15) is 0 Å². The van der Waals surface area contributed by atoms with E-state index in [9.17, 15) is 14.4 Å². The van der Waals surface area contributed by atoms with Gasteiger partial charge in [-0.1, -0.05) is 12.1 Å². The highest BCUT2D eigenvalue weighted by Gasteiger charge is 2.25. The number of ether oxygens (including phenoxy) is 2. The molecule has 1 aromatic rings. The Morgan fingerprint density at radius 1 is 1.25 bits per heavy atom. The van der Waals surface area contributed by atoms with Crippen LogP contribution in [0.15, 0.2) is 24.3 Å². The van der Waals surface area contributed by atoms with Crippen LogP contribution in [-0.4, -0.2) is 48.8 Å². The molecule has 132 valence electrons. The maximum absolute atomic E-state index is 11.9. The normalized spacial score (nSPS) is 12.8. The first kappa shape index (κ1) is 19.4. The number of carboxylic acids is 1. The number of hydrogen-bond acceptors (Lipinski definition) is 6. The highest BCUT2D eigenvalue weighted by molar-refractivity contribution is 5.89. The first-order valence-electron chi connectivity index (χ1n) is 7.44. The number of aliphatic carboxylic acids is 1. The number of carbonyl (C=O) groups excluding carboxylic acids is 2. The molecule has 1 aromatic carbocycles. The summed E-state index contributed by atoms with van der Waals surface area (Å²) in [5, 5.41) is 11.1. The Hall–Kier alpha value is -2.61. The number of rotatable bonds is 9. The summed E-state index contributed by atoms with van der Waals surface area (Å²) in [6, 6.07) is 4.85. The molecule has 0 aromatic heterocycles. The van der Waals surface area contributed by atoms with Gasteiger partial charge in [0, 0.05) is 6.42 Å². The van der Waals surface area contributed by atoms with Crippen LogP contribution in [0.4, 0.5) is 0 Å². The third-order valence-corrected chi connectivity index (χ3v) is 3.21. The summed E-state index contributed by atoms with van der Waals surface area (Å²) in [4.78, 5) is 34.4. The van der Waals surface area contributed by atoms with Crippen LogP contribution in [0.1, 0.15) is 18.9 Å². The van der Waals surface area contributed by atoms with Crippen molar-refractivity contribution in [1.82, 2.24) is 5.32 Å². The van der Waals surface area contributed by atoms with Crippen molar-refractivity contribution in [3.63, 3.8) is 0 Å². The minimum absolute atomic E-state index is 0.185. The van der Waals surface area contributed by atoms with Crippen molar-refractivity contribution in [3.8, 4) is 5.75 Å². The zero-order chi connectivity index (χ0) is 18.1. The Morgan fingerprint density at radius 2 is 1.88 bits per heavy atom. The summed E-state index contributed by atoms with van der Waals surface area (Å²) in [5.74, 6) is -1.86. The van der Waals surface area contributed by atoms with Gasteiger partial charge >= 0.3 is 11.9 Å². The van der Waals surface area contributed by atoms with E-state index < -0.39 is 36.4 Å². The Balaban J connectivity index is 2.76. The van der Waals surface area contributed by atoms with E-state index in [1.807, 2.05) is 6.92 Å². The smallest absolute Gasteiger partial charge is 0.328 e. The van der Waals surface area contributed by atoms with Gasteiger partial charge in [0.2, 0.25) is 5.91 Å². The molecule has 0 saturated carbocycles. The first-order valence-corrected chi connectivity index (χ1v) is 7.44. The number of amides is 1. The minimum atomic E-state index is -1.24. The van der Waals surface area contributed by atoms with E-state index >= 15 is 0 Å². The number of hydrogen-bond donors (Lipinski definition) is 3. The van der Waals surface area contributed by atoms with Crippen LogP contribution in [0.2, 0.25) is 0 Å². The lowest BCUT2D eigenvalue weighted by Crippen LogP contribution is -2.50. The molecule has 0 spiro atoms. The summed E-state index contributed by atoms with van der Waals surface area (Å²) in [6.45, 7) is 2.42. The average Bonchev–Trinajstić information content (AvgIpc) is 2.54. The van der Waals surface area contributed by atoms with Crippen molar-refractivity contribution in [2.24, 2.45) is 5.73 Å². The Kier molecular flexibility index (Phi) is 7.70. The van der Waals surface area contributed by atoms with E-state index in [0.717, 1.165) is 5.56 Å². The van der Waals surface area contributed by atoms with Gasteiger partial charge in [-0.05, 0) is 24.6 Å². The van der Waals surface area contributed by atoms with Gasteiger partial charge in [-0.25, -0.2) is 4.79 Å². The largest absolute Gasteiger partial charge is 0.494 e. The van der Waals surface area contributed by atoms with Crippen molar-refractivity contribution in [1.29, 1.82) is 0 Å². The monoisotopic (exact) mass is 338 g/mol. The number of carboxylic acid groups (broad SMARTS) is 1. The summed E-state index contributed by atoms with van der Waals surface area (Å²) in [6.07, 6.45) is -0.340. The van der Waals surface area contributed by atoms with Gasteiger partial charge in [0.05, 0.1) is 26.2 Å². The van der Waals surface area contributed by atoms with Crippen LogP contribution < -0.4 is 15.8 Å². The topological polar surface area (TPSA) is 128 Å². The van der Waals surface area contributed by atoms with Gasteiger partial charge in [-0.3, -0.25) is 9.59 Å². The van der Waals surface area contributed by atoms with Crippen molar-refractivity contribution >= 4 is 17.8 Å². The molecule has 0 bridgehead atoms. The van der Waals surface area contributed by atoms with Gasteiger partial charge in [0.25, 0.3) is 0 Å². The number of nitrogens with one attached hydrogen (secondary N) is 1. The summed E-state index contributed by atoms with van der Waals surface area (Å²) >= 11 is 0. The number of nitrogens with two attached hydrogens (primary N) is 1. The molecule has 24 heavy (non-hydrogen) atoms.